The van der Waals surface area contributed by atoms with Crippen LogP contribution in [0.2, 0.25) is 0 Å². The van der Waals surface area contributed by atoms with Crippen LogP contribution < -0.4 is 5.32 Å². The maximum atomic E-state index is 12.5. The molecule has 3 aromatic heterocycles. The number of nitrogens with zero attached hydrogens (tertiary/aromatic N) is 6. The minimum absolute atomic E-state index is 0.0575. The molecule has 28 heavy (non-hydrogen) atoms. The molecule has 1 aliphatic carbocycles. The molecule has 0 radical (unpaired) electrons. The maximum absolute atomic E-state index is 12.5. The molecule has 0 saturated heterocycles. The SMILES string of the molecule is Cc1nc([C@H]2CC[C@@H](O)[C@H](NC(=O)c3cncnc3)C2)n(-c2cccnc2)n1. The summed E-state index contributed by atoms with van der Waals surface area (Å²) in [6, 6.07) is 3.40. The van der Waals surface area contributed by atoms with Gasteiger partial charge in [0, 0.05) is 24.5 Å². The summed E-state index contributed by atoms with van der Waals surface area (Å²) in [5, 5.41) is 17.8. The van der Waals surface area contributed by atoms with Gasteiger partial charge in [-0.25, -0.2) is 19.6 Å². The van der Waals surface area contributed by atoms with E-state index in [1.807, 2.05) is 19.1 Å². The molecule has 144 valence electrons. The Morgan fingerprint density at radius 2 is 2.04 bits per heavy atom. The molecule has 3 heterocycles. The summed E-state index contributed by atoms with van der Waals surface area (Å²) in [6.07, 6.45) is 9.03. The third-order valence-corrected chi connectivity index (χ3v) is 4.95. The van der Waals surface area contributed by atoms with Gasteiger partial charge in [0.15, 0.2) is 0 Å². The van der Waals surface area contributed by atoms with E-state index in [0.29, 0.717) is 24.2 Å². The summed E-state index contributed by atoms with van der Waals surface area (Å²) >= 11 is 0. The molecular weight excluding hydrogens is 358 g/mol. The quantitative estimate of drug-likeness (QED) is 0.699. The fraction of sp³-hybridized carbons (Fsp3) is 0.368. The van der Waals surface area contributed by atoms with E-state index in [2.05, 4.69) is 30.4 Å². The molecule has 4 rings (SSSR count). The largest absolute Gasteiger partial charge is 0.391 e. The highest BCUT2D eigenvalue weighted by Gasteiger charge is 2.34. The van der Waals surface area contributed by atoms with Gasteiger partial charge >= 0.3 is 0 Å². The van der Waals surface area contributed by atoms with Crippen LogP contribution in [0.4, 0.5) is 0 Å². The molecule has 2 N–H and O–H groups in total. The van der Waals surface area contributed by atoms with Crippen LogP contribution in [0.3, 0.4) is 0 Å². The van der Waals surface area contributed by atoms with Crippen molar-refractivity contribution >= 4 is 5.91 Å². The standard InChI is InChI=1S/C19H21N7O2/c1-12-23-18(26(25-12)15-3-2-6-20-10-15)13-4-5-17(27)16(7-13)24-19(28)14-8-21-11-22-9-14/h2-3,6,8-11,13,16-17,27H,4-5,7H2,1H3,(H,24,28)/t13-,16+,17+/m0/s1. The van der Waals surface area contributed by atoms with Gasteiger partial charge in [-0.1, -0.05) is 0 Å². The second kappa shape index (κ2) is 7.81. The van der Waals surface area contributed by atoms with Crippen LogP contribution in [0.5, 0.6) is 0 Å². The highest BCUT2D eigenvalue weighted by molar-refractivity contribution is 5.93. The number of carbonyl (C=O) groups excluding carboxylic acids is 1. The molecule has 1 amide bonds. The zero-order chi connectivity index (χ0) is 19.5. The van der Waals surface area contributed by atoms with Gasteiger partial charge < -0.3 is 10.4 Å². The Morgan fingerprint density at radius 1 is 1.21 bits per heavy atom. The molecule has 3 atom stereocenters. The lowest BCUT2D eigenvalue weighted by molar-refractivity contribution is 0.0670. The summed E-state index contributed by atoms with van der Waals surface area (Å²) in [5.41, 5.74) is 1.21. The summed E-state index contributed by atoms with van der Waals surface area (Å²) < 4.78 is 1.80. The normalized spacial score (nSPS) is 22.0. The van der Waals surface area contributed by atoms with Gasteiger partial charge in [0.1, 0.15) is 18.0 Å². The average Bonchev–Trinajstić information content (AvgIpc) is 3.12. The molecule has 9 heteroatoms. The van der Waals surface area contributed by atoms with Gasteiger partial charge in [-0.2, -0.15) is 5.10 Å². The lowest BCUT2D eigenvalue weighted by atomic mass is 9.83. The van der Waals surface area contributed by atoms with Crippen LogP contribution in [0.25, 0.3) is 5.69 Å². The molecule has 0 unspecified atom stereocenters. The summed E-state index contributed by atoms with van der Waals surface area (Å²) in [7, 11) is 0. The van der Waals surface area contributed by atoms with Crippen molar-refractivity contribution in [3.63, 3.8) is 0 Å². The molecule has 1 aliphatic rings. The number of aliphatic hydroxyl groups is 1. The number of nitrogens with one attached hydrogen (secondary N) is 1. The molecule has 0 aliphatic heterocycles. The first-order chi connectivity index (χ1) is 13.6. The van der Waals surface area contributed by atoms with E-state index in [1.165, 1.54) is 18.7 Å². The Hall–Kier alpha value is -3.20. The molecule has 1 saturated carbocycles. The minimum atomic E-state index is -0.610. The number of pyridine rings is 1. The van der Waals surface area contributed by atoms with Crippen LogP contribution in [-0.2, 0) is 0 Å². The molecule has 0 aromatic carbocycles. The lowest BCUT2D eigenvalue weighted by Crippen LogP contribution is -2.47. The Balaban J connectivity index is 1.55. The number of hydrogen-bond donors (Lipinski definition) is 2. The third-order valence-electron chi connectivity index (χ3n) is 4.95. The molecule has 0 spiro atoms. The van der Waals surface area contributed by atoms with Gasteiger partial charge in [-0.15, -0.1) is 0 Å². The summed E-state index contributed by atoms with van der Waals surface area (Å²) in [6.45, 7) is 1.85. The number of rotatable bonds is 4. The van der Waals surface area contributed by atoms with Crippen LogP contribution in [-0.4, -0.2) is 52.9 Å². The van der Waals surface area contributed by atoms with Gasteiger partial charge in [-0.05, 0) is 38.3 Å². The van der Waals surface area contributed by atoms with Gasteiger partial charge in [0.2, 0.25) is 0 Å². The molecule has 1 fully saturated rings. The van der Waals surface area contributed by atoms with E-state index in [4.69, 9.17) is 0 Å². The van der Waals surface area contributed by atoms with Crippen molar-refractivity contribution in [3.8, 4) is 5.69 Å². The average molecular weight is 379 g/mol. The van der Waals surface area contributed by atoms with Crippen molar-refractivity contribution in [2.75, 3.05) is 0 Å². The number of hydrogen-bond acceptors (Lipinski definition) is 7. The Bertz CT molecular complexity index is 945. The smallest absolute Gasteiger partial charge is 0.254 e. The van der Waals surface area contributed by atoms with E-state index < -0.39 is 6.10 Å². The third kappa shape index (κ3) is 3.74. The fourth-order valence-electron chi connectivity index (χ4n) is 3.58. The van der Waals surface area contributed by atoms with Gasteiger partial charge in [-0.3, -0.25) is 9.78 Å². The van der Waals surface area contributed by atoms with Crippen molar-refractivity contribution in [3.05, 3.63) is 60.5 Å². The topological polar surface area (TPSA) is 119 Å². The molecular formula is C19H21N7O2. The van der Waals surface area contributed by atoms with Crippen LogP contribution in [0, 0.1) is 6.92 Å². The number of amides is 1. The predicted octanol–water partition coefficient (Wildman–Crippen LogP) is 1.19. The lowest BCUT2D eigenvalue weighted by Gasteiger charge is -2.33. The highest BCUT2D eigenvalue weighted by Crippen LogP contribution is 2.33. The second-order valence-electron chi connectivity index (χ2n) is 6.92. The number of aryl methyl sites for hydroxylation is 1. The maximum Gasteiger partial charge on any atom is 0.254 e. The van der Waals surface area contributed by atoms with Crippen molar-refractivity contribution < 1.29 is 9.90 Å². The van der Waals surface area contributed by atoms with Crippen molar-refractivity contribution in [2.45, 2.75) is 44.2 Å². The van der Waals surface area contributed by atoms with E-state index in [-0.39, 0.29) is 17.9 Å². The zero-order valence-electron chi connectivity index (χ0n) is 15.4. The van der Waals surface area contributed by atoms with Crippen molar-refractivity contribution in [1.82, 2.24) is 35.0 Å². The number of aromatic nitrogens is 6. The van der Waals surface area contributed by atoms with Gasteiger partial charge in [0.05, 0.1) is 29.6 Å². The van der Waals surface area contributed by atoms with Crippen LogP contribution in [0.1, 0.15) is 47.2 Å². The first-order valence-electron chi connectivity index (χ1n) is 9.19. The Morgan fingerprint density at radius 3 is 2.79 bits per heavy atom. The second-order valence-corrected chi connectivity index (χ2v) is 6.92. The van der Waals surface area contributed by atoms with E-state index >= 15 is 0 Å². The number of aliphatic hydroxyl groups excluding tert-OH is 1. The van der Waals surface area contributed by atoms with E-state index in [0.717, 1.165) is 17.9 Å². The number of carbonyl (C=O) groups is 1. The van der Waals surface area contributed by atoms with E-state index in [1.54, 1.807) is 17.1 Å². The first-order valence-corrected chi connectivity index (χ1v) is 9.19. The predicted molar refractivity (Wildman–Crippen MR) is 99.8 cm³/mol. The molecule has 3 aromatic rings. The minimum Gasteiger partial charge on any atom is -0.391 e. The van der Waals surface area contributed by atoms with E-state index in [9.17, 15) is 9.90 Å². The summed E-state index contributed by atoms with van der Waals surface area (Å²) in [5.74, 6) is 1.25. The highest BCUT2D eigenvalue weighted by atomic mass is 16.3. The van der Waals surface area contributed by atoms with Crippen LogP contribution in [0.15, 0.2) is 43.2 Å². The van der Waals surface area contributed by atoms with Crippen LogP contribution >= 0.6 is 0 Å². The summed E-state index contributed by atoms with van der Waals surface area (Å²) in [4.78, 5) is 29.0. The monoisotopic (exact) mass is 379 g/mol. The van der Waals surface area contributed by atoms with Gasteiger partial charge in [0.25, 0.3) is 5.91 Å². The van der Waals surface area contributed by atoms with Crippen molar-refractivity contribution in [2.24, 2.45) is 0 Å². The Kier molecular flexibility index (Phi) is 5.07. The zero-order valence-corrected chi connectivity index (χ0v) is 15.4. The molecule has 0 bridgehead atoms. The Labute approximate surface area is 161 Å². The fourth-order valence-corrected chi connectivity index (χ4v) is 3.58. The first kappa shape index (κ1) is 18.2. The van der Waals surface area contributed by atoms with Crippen molar-refractivity contribution in [1.29, 1.82) is 0 Å². The molecule has 9 nitrogen and oxygen atoms in total.